The summed E-state index contributed by atoms with van der Waals surface area (Å²) in [5, 5.41) is 16.6. The van der Waals surface area contributed by atoms with Gasteiger partial charge in [0.05, 0.1) is 17.1 Å². The summed E-state index contributed by atoms with van der Waals surface area (Å²) in [5.41, 5.74) is 9.83. The number of nitrogens with zero attached hydrogens (tertiary/aromatic N) is 2. The minimum atomic E-state index is -0.269. The molecule has 3 aromatic rings. The molecular formula is C25H27N3O3. The van der Waals surface area contributed by atoms with E-state index in [-0.39, 0.29) is 17.4 Å². The van der Waals surface area contributed by atoms with Gasteiger partial charge in [-0.3, -0.25) is 0 Å². The molecule has 0 bridgehead atoms. The third-order valence-electron chi connectivity index (χ3n) is 6.53. The van der Waals surface area contributed by atoms with E-state index >= 15 is 0 Å². The Kier molecular flexibility index (Phi) is 4.73. The number of phenolic OH excluding ortho intramolecular Hbond substituents is 1. The molecule has 0 saturated carbocycles. The van der Waals surface area contributed by atoms with Gasteiger partial charge in [0.1, 0.15) is 11.3 Å². The Hall–Kier alpha value is -3.28. The molecule has 0 saturated heterocycles. The Morgan fingerprint density at radius 2 is 1.84 bits per heavy atom. The number of hydrazone groups is 1. The molecule has 5 rings (SSSR count). The van der Waals surface area contributed by atoms with E-state index in [2.05, 4.69) is 39.7 Å². The Balaban J connectivity index is 1.53. The molecule has 31 heavy (non-hydrogen) atoms. The Morgan fingerprint density at radius 1 is 1.13 bits per heavy atom. The molecule has 1 aliphatic carbocycles. The van der Waals surface area contributed by atoms with Crippen molar-refractivity contribution in [3.63, 3.8) is 0 Å². The number of hydrogen-bond acceptors (Lipinski definition) is 6. The maximum Gasteiger partial charge on any atom is 0.339 e. The number of benzene rings is 2. The quantitative estimate of drug-likeness (QED) is 0.625. The van der Waals surface area contributed by atoms with Gasteiger partial charge in [-0.25, -0.2) is 4.79 Å². The first-order valence-corrected chi connectivity index (χ1v) is 10.8. The molecule has 1 aliphatic heterocycles. The largest absolute Gasteiger partial charge is 0.506 e. The van der Waals surface area contributed by atoms with E-state index in [9.17, 15) is 9.90 Å². The predicted molar refractivity (Wildman–Crippen MR) is 123 cm³/mol. The van der Waals surface area contributed by atoms with Gasteiger partial charge in [-0.15, -0.1) is 0 Å². The molecule has 2 heterocycles. The van der Waals surface area contributed by atoms with E-state index in [1.54, 1.807) is 0 Å². The maximum atomic E-state index is 12.4. The lowest BCUT2D eigenvalue weighted by Crippen LogP contribution is -2.16. The van der Waals surface area contributed by atoms with Crippen LogP contribution in [0.2, 0.25) is 0 Å². The monoisotopic (exact) mass is 417 g/mol. The van der Waals surface area contributed by atoms with Crippen LogP contribution in [0.1, 0.15) is 53.1 Å². The number of hydrogen-bond donors (Lipinski definition) is 2. The van der Waals surface area contributed by atoms with Crippen LogP contribution in [0.25, 0.3) is 11.0 Å². The fourth-order valence-electron chi connectivity index (χ4n) is 4.87. The van der Waals surface area contributed by atoms with Crippen LogP contribution in [0.15, 0.2) is 44.6 Å². The average Bonchev–Trinajstić information content (AvgIpc) is 3.23. The molecule has 0 unspecified atom stereocenters. The summed E-state index contributed by atoms with van der Waals surface area (Å²) >= 11 is 0. The van der Waals surface area contributed by atoms with Gasteiger partial charge in [-0.05, 0) is 67.5 Å². The normalized spacial score (nSPS) is 17.9. The molecule has 0 amide bonds. The number of phenols is 1. The van der Waals surface area contributed by atoms with Gasteiger partial charge in [-0.2, -0.15) is 5.10 Å². The van der Waals surface area contributed by atoms with Crippen molar-refractivity contribution < 1.29 is 9.52 Å². The highest BCUT2D eigenvalue weighted by Crippen LogP contribution is 2.39. The molecule has 1 atom stereocenters. The van der Waals surface area contributed by atoms with Gasteiger partial charge < -0.3 is 19.8 Å². The predicted octanol–water partition coefficient (Wildman–Crippen LogP) is 4.19. The number of nitrogens with one attached hydrogen (secondary N) is 1. The van der Waals surface area contributed by atoms with Gasteiger partial charge in [0.25, 0.3) is 0 Å². The summed E-state index contributed by atoms with van der Waals surface area (Å²) in [6, 6.07) is 10.4. The van der Waals surface area contributed by atoms with Crippen molar-refractivity contribution in [1.82, 2.24) is 5.43 Å². The van der Waals surface area contributed by atoms with Gasteiger partial charge in [-0.1, -0.05) is 12.1 Å². The van der Waals surface area contributed by atoms with Crippen molar-refractivity contribution >= 4 is 22.4 Å². The van der Waals surface area contributed by atoms with Crippen LogP contribution in [0.4, 0.5) is 5.69 Å². The van der Waals surface area contributed by atoms with E-state index in [0.29, 0.717) is 29.4 Å². The maximum absolute atomic E-state index is 12.4. The smallest absolute Gasteiger partial charge is 0.339 e. The van der Waals surface area contributed by atoms with Crippen LogP contribution in [-0.2, 0) is 12.8 Å². The summed E-state index contributed by atoms with van der Waals surface area (Å²) < 4.78 is 5.59. The number of aromatic hydroxyl groups is 1. The van der Waals surface area contributed by atoms with Gasteiger partial charge in [0.15, 0.2) is 0 Å². The number of fused-ring (bicyclic) bond motifs is 3. The highest BCUT2D eigenvalue weighted by molar-refractivity contribution is 6.09. The zero-order valence-corrected chi connectivity index (χ0v) is 18.2. The van der Waals surface area contributed by atoms with E-state index < -0.39 is 0 Å². The summed E-state index contributed by atoms with van der Waals surface area (Å²) in [7, 11) is 4.05. The minimum Gasteiger partial charge on any atom is -0.506 e. The van der Waals surface area contributed by atoms with Crippen LogP contribution in [0.5, 0.6) is 5.75 Å². The van der Waals surface area contributed by atoms with Crippen molar-refractivity contribution in [2.24, 2.45) is 5.10 Å². The fourth-order valence-corrected chi connectivity index (χ4v) is 4.87. The van der Waals surface area contributed by atoms with Crippen LogP contribution < -0.4 is 16.0 Å². The van der Waals surface area contributed by atoms with Crippen molar-refractivity contribution in [3.8, 4) is 5.75 Å². The lowest BCUT2D eigenvalue weighted by Gasteiger charge is -2.19. The van der Waals surface area contributed by atoms with Crippen LogP contribution >= 0.6 is 0 Å². The molecule has 2 N–H and O–H groups in total. The van der Waals surface area contributed by atoms with Crippen LogP contribution in [-0.4, -0.2) is 24.9 Å². The van der Waals surface area contributed by atoms with Crippen LogP contribution in [0, 0.1) is 6.92 Å². The van der Waals surface area contributed by atoms with Crippen molar-refractivity contribution in [1.29, 1.82) is 0 Å². The second-order valence-corrected chi connectivity index (χ2v) is 8.77. The zero-order valence-electron chi connectivity index (χ0n) is 18.2. The fraction of sp³-hybridized carbons (Fsp3) is 0.360. The topological polar surface area (TPSA) is 78.1 Å². The van der Waals surface area contributed by atoms with E-state index in [1.165, 1.54) is 0 Å². The molecule has 2 aliphatic rings. The van der Waals surface area contributed by atoms with Gasteiger partial charge >= 0.3 is 5.63 Å². The number of anilines is 1. The summed E-state index contributed by atoms with van der Waals surface area (Å²) in [6.07, 6.45) is 4.18. The lowest BCUT2D eigenvalue weighted by atomic mass is 9.87. The molecular weight excluding hydrogens is 390 g/mol. The Bertz CT molecular complexity index is 1260. The molecule has 0 fully saturated rings. The lowest BCUT2D eigenvalue weighted by molar-refractivity contribution is 0.474. The molecule has 0 spiro atoms. The van der Waals surface area contributed by atoms with Gasteiger partial charge in [0, 0.05) is 37.3 Å². The van der Waals surface area contributed by atoms with E-state index in [1.807, 2.05) is 27.1 Å². The molecule has 2 aromatic carbocycles. The zero-order chi connectivity index (χ0) is 21.7. The first-order valence-electron chi connectivity index (χ1n) is 10.8. The van der Waals surface area contributed by atoms with Crippen molar-refractivity contribution in [2.45, 2.75) is 45.1 Å². The highest BCUT2D eigenvalue weighted by Gasteiger charge is 2.28. The molecule has 6 heteroatoms. The van der Waals surface area contributed by atoms with Gasteiger partial charge in [0.2, 0.25) is 0 Å². The highest BCUT2D eigenvalue weighted by atomic mass is 16.4. The summed E-state index contributed by atoms with van der Waals surface area (Å²) in [4.78, 5) is 14.5. The van der Waals surface area contributed by atoms with Crippen molar-refractivity contribution in [3.05, 3.63) is 68.6 Å². The second-order valence-electron chi connectivity index (χ2n) is 8.77. The van der Waals surface area contributed by atoms with E-state index in [4.69, 9.17) is 4.42 Å². The number of aryl methyl sites for hydroxylation is 2. The third-order valence-corrected chi connectivity index (χ3v) is 6.53. The van der Waals surface area contributed by atoms with Crippen LogP contribution in [0.3, 0.4) is 0 Å². The summed E-state index contributed by atoms with van der Waals surface area (Å²) in [6.45, 7) is 1.93. The molecule has 6 nitrogen and oxygen atoms in total. The first-order chi connectivity index (χ1) is 14.9. The van der Waals surface area contributed by atoms with E-state index in [0.717, 1.165) is 52.9 Å². The number of rotatable bonds is 3. The molecule has 160 valence electrons. The molecule has 1 aromatic heterocycles. The second kappa shape index (κ2) is 7.45. The average molecular weight is 418 g/mol. The third kappa shape index (κ3) is 3.26. The first kappa shape index (κ1) is 19.7. The minimum absolute atomic E-state index is 0.0586. The standard InChI is InChI=1S/C25H27N3O3/c1-14-12-21-23(17-6-4-5-7-18(17)25(30)31-21)24(29)22(14)20-13-19(26-27-20)15-8-10-16(11-9-15)28(2)3/h8-12,19,26,29H,4-7,13H2,1-3H3/t19-/m0/s1. The SMILES string of the molecule is Cc1cc2oc(=O)c3c(c2c(O)c1C1=NN[C@H](c2ccc(N(C)C)cc2)C1)CCCC3. The molecule has 0 radical (unpaired) electrons. The Morgan fingerprint density at radius 3 is 2.55 bits per heavy atom. The Labute approximate surface area is 181 Å². The summed E-state index contributed by atoms with van der Waals surface area (Å²) in [5.74, 6) is 0.182. The van der Waals surface area contributed by atoms with Crippen molar-refractivity contribution in [2.75, 3.05) is 19.0 Å².